The number of pyridine rings is 1. The molecule has 6 nitrogen and oxygen atoms in total. The highest BCUT2D eigenvalue weighted by Gasteiger charge is 2.26. The Morgan fingerprint density at radius 3 is 2.62 bits per heavy atom. The van der Waals surface area contributed by atoms with Gasteiger partial charge in [0.15, 0.2) is 18.2 Å². The van der Waals surface area contributed by atoms with E-state index in [-0.39, 0.29) is 0 Å². The Hall–Kier alpha value is -3.80. The van der Waals surface area contributed by atoms with Gasteiger partial charge < -0.3 is 4.57 Å². The second-order valence-corrected chi connectivity index (χ2v) is 7.41. The lowest BCUT2D eigenvalue weighted by molar-refractivity contribution is -0.595. The summed E-state index contributed by atoms with van der Waals surface area (Å²) >= 11 is 0. The van der Waals surface area contributed by atoms with Crippen molar-refractivity contribution < 1.29 is 4.57 Å². The Bertz CT molecular complexity index is 1310. The summed E-state index contributed by atoms with van der Waals surface area (Å²) in [6, 6.07) is 21.4. The number of nitrogens with zero attached hydrogens (tertiary/aromatic N) is 6. The largest absolute Gasteiger partial charge is 0.310 e. The van der Waals surface area contributed by atoms with Crippen LogP contribution in [0.15, 0.2) is 85.7 Å². The first-order valence-corrected chi connectivity index (χ1v) is 9.81. The highest BCUT2D eigenvalue weighted by atomic mass is 15.3. The lowest BCUT2D eigenvalue weighted by atomic mass is 10.2. The van der Waals surface area contributed by atoms with Crippen molar-refractivity contribution in [1.82, 2.24) is 24.3 Å². The fourth-order valence-corrected chi connectivity index (χ4v) is 3.79. The van der Waals surface area contributed by atoms with Gasteiger partial charge in [0.05, 0.1) is 16.7 Å². The van der Waals surface area contributed by atoms with Gasteiger partial charge in [-0.2, -0.15) is 4.57 Å². The van der Waals surface area contributed by atoms with E-state index in [2.05, 4.69) is 83.7 Å². The minimum absolute atomic E-state index is 0.556. The van der Waals surface area contributed by atoms with Crippen molar-refractivity contribution in [2.24, 2.45) is 0 Å². The molecule has 1 saturated carbocycles. The van der Waals surface area contributed by atoms with Crippen molar-refractivity contribution in [2.75, 3.05) is 0 Å². The number of imidazole rings is 1. The molecule has 0 atom stereocenters. The highest BCUT2D eigenvalue weighted by molar-refractivity contribution is 5.77. The molecule has 6 heteroatoms. The number of hydrogen-bond donors (Lipinski definition) is 0. The molecule has 29 heavy (non-hydrogen) atoms. The SMILES string of the molecule is c1cc(-c2nncn2C2CC2)cc(-[n+]2ccc(-n3cnc4ccccc43)cc2)c1. The molecular weight excluding hydrogens is 360 g/mol. The molecule has 0 radical (unpaired) electrons. The van der Waals surface area contributed by atoms with Crippen LogP contribution in [0.25, 0.3) is 33.8 Å². The average Bonchev–Trinajstić information content (AvgIpc) is 3.34. The van der Waals surface area contributed by atoms with E-state index in [1.165, 1.54) is 12.8 Å². The molecule has 1 aliphatic carbocycles. The van der Waals surface area contributed by atoms with Gasteiger partial charge in [-0.25, -0.2) is 4.98 Å². The van der Waals surface area contributed by atoms with Crippen LogP contribution >= 0.6 is 0 Å². The molecule has 0 amide bonds. The van der Waals surface area contributed by atoms with Crippen LogP contribution in [0.5, 0.6) is 0 Å². The Morgan fingerprint density at radius 2 is 1.76 bits per heavy atom. The second kappa shape index (κ2) is 6.38. The van der Waals surface area contributed by atoms with Gasteiger partial charge in [0.2, 0.25) is 5.69 Å². The maximum absolute atomic E-state index is 4.48. The third-order valence-corrected chi connectivity index (χ3v) is 5.46. The van der Waals surface area contributed by atoms with E-state index in [4.69, 9.17) is 0 Å². The summed E-state index contributed by atoms with van der Waals surface area (Å²) < 4.78 is 6.41. The first kappa shape index (κ1) is 16.2. The van der Waals surface area contributed by atoms with Gasteiger partial charge in [-0.15, -0.1) is 10.2 Å². The summed E-state index contributed by atoms with van der Waals surface area (Å²) in [4.78, 5) is 4.48. The predicted molar refractivity (Wildman–Crippen MR) is 110 cm³/mol. The van der Waals surface area contributed by atoms with Gasteiger partial charge >= 0.3 is 0 Å². The molecule has 0 saturated heterocycles. The van der Waals surface area contributed by atoms with Crippen LogP contribution in [-0.4, -0.2) is 24.3 Å². The average molecular weight is 379 g/mol. The van der Waals surface area contributed by atoms with E-state index >= 15 is 0 Å². The van der Waals surface area contributed by atoms with Crippen LogP contribution < -0.4 is 4.57 Å². The van der Waals surface area contributed by atoms with Gasteiger partial charge in [0.25, 0.3) is 0 Å². The smallest absolute Gasteiger partial charge is 0.211 e. The molecule has 1 aliphatic rings. The molecule has 2 aromatic carbocycles. The summed E-state index contributed by atoms with van der Waals surface area (Å²) in [7, 11) is 0. The summed E-state index contributed by atoms with van der Waals surface area (Å²) in [5.74, 6) is 0.941. The van der Waals surface area contributed by atoms with Crippen LogP contribution in [0.2, 0.25) is 0 Å². The van der Waals surface area contributed by atoms with Crippen LogP contribution in [0, 0.1) is 0 Å². The quantitative estimate of drug-likeness (QED) is 0.445. The van der Waals surface area contributed by atoms with Crippen LogP contribution in [-0.2, 0) is 0 Å². The highest BCUT2D eigenvalue weighted by Crippen LogP contribution is 2.37. The third-order valence-electron chi connectivity index (χ3n) is 5.46. The monoisotopic (exact) mass is 379 g/mol. The standard InChI is InChI=1S/C23H19N6/c1-2-7-22-21(6-1)24-15-28(22)19-10-12-27(13-11-19)20-5-3-4-17(14-20)23-26-25-16-29(23)18-8-9-18/h1-7,10-16,18H,8-9H2/q+1. The Morgan fingerprint density at radius 1 is 0.897 bits per heavy atom. The first-order valence-electron chi connectivity index (χ1n) is 9.81. The fraction of sp³-hybridized carbons (Fsp3) is 0.130. The topological polar surface area (TPSA) is 52.4 Å². The molecule has 3 heterocycles. The Balaban J connectivity index is 1.35. The van der Waals surface area contributed by atoms with Crippen molar-refractivity contribution in [2.45, 2.75) is 18.9 Å². The number of hydrogen-bond acceptors (Lipinski definition) is 3. The van der Waals surface area contributed by atoms with E-state index in [1.54, 1.807) is 0 Å². The van der Waals surface area contributed by atoms with E-state index in [1.807, 2.05) is 30.9 Å². The van der Waals surface area contributed by atoms with Crippen LogP contribution in [0.4, 0.5) is 0 Å². The zero-order valence-electron chi connectivity index (χ0n) is 15.8. The van der Waals surface area contributed by atoms with Crippen molar-refractivity contribution in [3.63, 3.8) is 0 Å². The molecular formula is C23H19N6+. The van der Waals surface area contributed by atoms with Crippen molar-refractivity contribution in [3.8, 4) is 22.8 Å². The molecule has 0 bridgehead atoms. The summed E-state index contributed by atoms with van der Waals surface area (Å²) in [6.45, 7) is 0. The maximum Gasteiger partial charge on any atom is 0.211 e. The van der Waals surface area contributed by atoms with Gasteiger partial charge in [-0.05, 0) is 25.0 Å². The normalized spacial score (nSPS) is 13.8. The van der Waals surface area contributed by atoms with Crippen molar-refractivity contribution in [1.29, 1.82) is 0 Å². The summed E-state index contributed by atoms with van der Waals surface area (Å²) in [5, 5.41) is 8.48. The molecule has 6 rings (SSSR count). The predicted octanol–water partition coefficient (Wildman–Crippen LogP) is 3.90. The summed E-state index contributed by atoms with van der Waals surface area (Å²) in [5.41, 5.74) is 5.36. The van der Waals surface area contributed by atoms with Crippen molar-refractivity contribution in [3.05, 3.63) is 85.7 Å². The second-order valence-electron chi connectivity index (χ2n) is 7.41. The van der Waals surface area contributed by atoms with Crippen LogP contribution in [0.1, 0.15) is 18.9 Å². The van der Waals surface area contributed by atoms with E-state index in [0.717, 1.165) is 33.8 Å². The number of fused-ring (bicyclic) bond motifs is 1. The zero-order chi connectivity index (χ0) is 19.2. The van der Waals surface area contributed by atoms with Gasteiger partial charge in [0.1, 0.15) is 12.7 Å². The number of benzene rings is 2. The molecule has 0 unspecified atom stereocenters. The fourth-order valence-electron chi connectivity index (χ4n) is 3.79. The molecule has 3 aromatic heterocycles. The first-order chi connectivity index (χ1) is 14.4. The maximum atomic E-state index is 4.48. The van der Waals surface area contributed by atoms with Crippen molar-refractivity contribution >= 4 is 11.0 Å². The molecule has 0 N–H and O–H groups in total. The Kier molecular flexibility index (Phi) is 3.56. The number of para-hydroxylation sites is 2. The third kappa shape index (κ3) is 2.81. The molecule has 140 valence electrons. The summed E-state index contributed by atoms with van der Waals surface area (Å²) in [6.07, 6.45) is 10.3. The van der Waals surface area contributed by atoms with E-state index in [9.17, 15) is 0 Å². The van der Waals surface area contributed by atoms with Gasteiger partial charge in [-0.3, -0.25) is 4.57 Å². The Labute approximate surface area is 167 Å². The molecule has 0 aliphatic heterocycles. The molecule has 0 spiro atoms. The minimum atomic E-state index is 0.556. The van der Waals surface area contributed by atoms with E-state index < -0.39 is 0 Å². The number of rotatable bonds is 4. The molecule has 1 fully saturated rings. The number of aromatic nitrogens is 6. The molecule has 5 aromatic rings. The van der Waals surface area contributed by atoms with Gasteiger partial charge in [-0.1, -0.05) is 24.3 Å². The van der Waals surface area contributed by atoms with Gasteiger partial charge in [0, 0.05) is 35.9 Å². The minimum Gasteiger partial charge on any atom is -0.310 e. The van der Waals surface area contributed by atoms with E-state index in [0.29, 0.717) is 6.04 Å². The lowest BCUT2D eigenvalue weighted by Crippen LogP contribution is -2.29. The zero-order valence-corrected chi connectivity index (χ0v) is 15.8. The lowest BCUT2D eigenvalue weighted by Gasteiger charge is -2.06. The van der Waals surface area contributed by atoms with Crippen LogP contribution in [0.3, 0.4) is 0 Å².